The molecule has 1 amide bonds. The molecule has 1 aromatic heterocycles. The first-order valence-corrected chi connectivity index (χ1v) is 10.1. The van der Waals surface area contributed by atoms with Crippen molar-refractivity contribution in [1.82, 2.24) is 14.8 Å². The third-order valence-corrected chi connectivity index (χ3v) is 5.62. The topological polar surface area (TPSA) is 48.5 Å². The van der Waals surface area contributed by atoms with Gasteiger partial charge in [0.1, 0.15) is 5.82 Å². The van der Waals surface area contributed by atoms with Gasteiger partial charge >= 0.3 is 0 Å². The van der Waals surface area contributed by atoms with Crippen LogP contribution in [0.5, 0.6) is 0 Å². The van der Waals surface area contributed by atoms with Crippen LogP contribution < -0.4 is 5.32 Å². The third-order valence-electron chi connectivity index (χ3n) is 5.62. The van der Waals surface area contributed by atoms with Crippen molar-refractivity contribution in [2.45, 2.75) is 38.3 Å². The molecule has 0 unspecified atom stereocenters. The SMILES string of the molecule is O=C(c1ccnc(NC2CCCC2)c1)N1CCN(Cc2ccccc2)CC1. The molecule has 1 aliphatic carbocycles. The van der Waals surface area contributed by atoms with Crippen LogP contribution in [0.4, 0.5) is 5.82 Å². The van der Waals surface area contributed by atoms with Crippen molar-refractivity contribution in [3.8, 4) is 0 Å². The first kappa shape index (κ1) is 18.0. The van der Waals surface area contributed by atoms with Crippen LogP contribution in [0.3, 0.4) is 0 Å². The number of aromatic nitrogens is 1. The molecule has 5 heteroatoms. The minimum Gasteiger partial charge on any atom is -0.367 e. The molecule has 1 saturated carbocycles. The molecule has 1 aromatic carbocycles. The predicted molar refractivity (Wildman–Crippen MR) is 108 cm³/mol. The van der Waals surface area contributed by atoms with Gasteiger partial charge in [-0.05, 0) is 30.5 Å². The monoisotopic (exact) mass is 364 g/mol. The highest BCUT2D eigenvalue weighted by Gasteiger charge is 2.23. The highest BCUT2D eigenvalue weighted by atomic mass is 16.2. The number of hydrogen-bond acceptors (Lipinski definition) is 4. The normalized spacial score (nSPS) is 18.6. The Labute approximate surface area is 161 Å². The van der Waals surface area contributed by atoms with Gasteiger partial charge in [0.05, 0.1) is 0 Å². The number of anilines is 1. The lowest BCUT2D eigenvalue weighted by atomic mass is 10.1. The largest absolute Gasteiger partial charge is 0.367 e. The average Bonchev–Trinajstić information content (AvgIpc) is 3.22. The second-order valence-electron chi connectivity index (χ2n) is 7.61. The van der Waals surface area contributed by atoms with Crippen molar-refractivity contribution in [2.75, 3.05) is 31.5 Å². The maximum Gasteiger partial charge on any atom is 0.254 e. The van der Waals surface area contributed by atoms with Crippen LogP contribution in [0.2, 0.25) is 0 Å². The Balaban J connectivity index is 1.32. The predicted octanol–water partition coefficient (Wildman–Crippen LogP) is 3.39. The summed E-state index contributed by atoms with van der Waals surface area (Å²) in [5, 5.41) is 3.48. The Hall–Kier alpha value is -2.40. The van der Waals surface area contributed by atoms with Crippen LogP contribution in [0.1, 0.15) is 41.6 Å². The zero-order chi connectivity index (χ0) is 18.5. The molecule has 142 valence electrons. The number of nitrogens with zero attached hydrogens (tertiary/aromatic N) is 3. The van der Waals surface area contributed by atoms with Crippen LogP contribution in [0.15, 0.2) is 48.7 Å². The number of benzene rings is 1. The van der Waals surface area contributed by atoms with Gasteiger partial charge in [0.15, 0.2) is 0 Å². The second-order valence-corrected chi connectivity index (χ2v) is 7.61. The van der Waals surface area contributed by atoms with Crippen molar-refractivity contribution >= 4 is 11.7 Å². The average molecular weight is 364 g/mol. The van der Waals surface area contributed by atoms with Gasteiger partial charge in [0.2, 0.25) is 0 Å². The molecule has 4 rings (SSSR count). The van der Waals surface area contributed by atoms with E-state index in [4.69, 9.17) is 0 Å². The summed E-state index contributed by atoms with van der Waals surface area (Å²) in [6, 6.07) is 14.8. The molecule has 27 heavy (non-hydrogen) atoms. The maximum absolute atomic E-state index is 12.9. The van der Waals surface area contributed by atoms with Gasteiger partial charge in [0, 0.05) is 50.5 Å². The highest BCUT2D eigenvalue weighted by molar-refractivity contribution is 5.94. The molecule has 2 fully saturated rings. The molecular weight excluding hydrogens is 336 g/mol. The van der Waals surface area contributed by atoms with Crippen LogP contribution >= 0.6 is 0 Å². The highest BCUT2D eigenvalue weighted by Crippen LogP contribution is 2.22. The quantitative estimate of drug-likeness (QED) is 0.883. The van der Waals surface area contributed by atoms with Crippen LogP contribution in [0, 0.1) is 0 Å². The first-order valence-electron chi connectivity index (χ1n) is 10.1. The fourth-order valence-electron chi connectivity index (χ4n) is 4.06. The molecule has 1 saturated heterocycles. The number of carbonyl (C=O) groups is 1. The summed E-state index contributed by atoms with van der Waals surface area (Å²) >= 11 is 0. The fraction of sp³-hybridized carbons (Fsp3) is 0.455. The molecule has 5 nitrogen and oxygen atoms in total. The van der Waals surface area contributed by atoms with Crippen molar-refractivity contribution in [2.24, 2.45) is 0 Å². The number of rotatable bonds is 5. The van der Waals surface area contributed by atoms with Gasteiger partial charge < -0.3 is 10.2 Å². The summed E-state index contributed by atoms with van der Waals surface area (Å²) in [6.45, 7) is 4.34. The van der Waals surface area contributed by atoms with E-state index in [1.807, 2.05) is 23.1 Å². The molecule has 0 bridgehead atoms. The standard InChI is InChI=1S/C22H28N4O/c27-22(19-10-11-23-21(16-19)24-20-8-4-5-9-20)26-14-12-25(13-15-26)17-18-6-2-1-3-7-18/h1-3,6-7,10-11,16,20H,4-5,8-9,12-15,17H2,(H,23,24). The van der Waals surface area contributed by atoms with E-state index in [1.54, 1.807) is 6.20 Å². The van der Waals surface area contributed by atoms with E-state index in [2.05, 4.69) is 39.5 Å². The van der Waals surface area contributed by atoms with Gasteiger partial charge in [-0.2, -0.15) is 0 Å². The Morgan fingerprint density at radius 3 is 2.52 bits per heavy atom. The number of carbonyl (C=O) groups excluding carboxylic acids is 1. The van der Waals surface area contributed by atoms with Gasteiger partial charge in [-0.3, -0.25) is 9.69 Å². The number of amides is 1. The van der Waals surface area contributed by atoms with Gasteiger partial charge in [0.25, 0.3) is 5.91 Å². The molecule has 0 atom stereocenters. The van der Waals surface area contributed by atoms with E-state index < -0.39 is 0 Å². The molecule has 0 spiro atoms. The van der Waals surface area contributed by atoms with E-state index in [9.17, 15) is 4.79 Å². The summed E-state index contributed by atoms with van der Waals surface area (Å²) in [6.07, 6.45) is 6.70. The minimum atomic E-state index is 0.117. The molecule has 2 heterocycles. The fourth-order valence-corrected chi connectivity index (χ4v) is 4.06. The number of piperazine rings is 1. The number of hydrogen-bond donors (Lipinski definition) is 1. The minimum absolute atomic E-state index is 0.117. The molecule has 0 radical (unpaired) electrons. The first-order chi connectivity index (χ1) is 13.3. The lowest BCUT2D eigenvalue weighted by Crippen LogP contribution is -2.48. The van der Waals surface area contributed by atoms with E-state index >= 15 is 0 Å². The molecule has 2 aliphatic rings. The van der Waals surface area contributed by atoms with Crippen LogP contribution in [0.25, 0.3) is 0 Å². The van der Waals surface area contributed by atoms with E-state index in [1.165, 1.54) is 31.2 Å². The molecular formula is C22H28N4O. The van der Waals surface area contributed by atoms with Gasteiger partial charge in [-0.15, -0.1) is 0 Å². The van der Waals surface area contributed by atoms with Crippen molar-refractivity contribution in [3.63, 3.8) is 0 Å². The van der Waals surface area contributed by atoms with Crippen molar-refractivity contribution < 1.29 is 4.79 Å². The Morgan fingerprint density at radius 1 is 1.04 bits per heavy atom. The third kappa shape index (κ3) is 4.66. The Morgan fingerprint density at radius 2 is 1.78 bits per heavy atom. The second kappa shape index (κ2) is 8.53. The molecule has 1 aliphatic heterocycles. The summed E-state index contributed by atoms with van der Waals surface area (Å²) in [7, 11) is 0. The zero-order valence-electron chi connectivity index (χ0n) is 15.8. The zero-order valence-corrected chi connectivity index (χ0v) is 15.8. The van der Waals surface area contributed by atoms with Crippen molar-refractivity contribution in [3.05, 3.63) is 59.8 Å². The van der Waals surface area contributed by atoms with E-state index in [-0.39, 0.29) is 5.91 Å². The lowest BCUT2D eigenvalue weighted by Gasteiger charge is -2.34. The van der Waals surface area contributed by atoms with Crippen LogP contribution in [-0.4, -0.2) is 52.9 Å². The summed E-state index contributed by atoms with van der Waals surface area (Å²) in [5.74, 6) is 0.946. The molecule has 2 aromatic rings. The Bertz CT molecular complexity index is 750. The van der Waals surface area contributed by atoms with Crippen LogP contribution in [-0.2, 0) is 6.54 Å². The van der Waals surface area contributed by atoms with Gasteiger partial charge in [-0.1, -0.05) is 43.2 Å². The Kier molecular flexibility index (Phi) is 5.68. The van der Waals surface area contributed by atoms with Gasteiger partial charge in [-0.25, -0.2) is 4.98 Å². The summed E-state index contributed by atoms with van der Waals surface area (Å²) in [4.78, 5) is 21.7. The molecule has 1 N–H and O–H groups in total. The van der Waals surface area contributed by atoms with E-state index in [0.717, 1.165) is 44.1 Å². The summed E-state index contributed by atoms with van der Waals surface area (Å²) in [5.41, 5.74) is 2.07. The van der Waals surface area contributed by atoms with Crippen molar-refractivity contribution in [1.29, 1.82) is 0 Å². The van der Waals surface area contributed by atoms with E-state index in [0.29, 0.717) is 6.04 Å². The number of pyridine rings is 1. The summed E-state index contributed by atoms with van der Waals surface area (Å²) < 4.78 is 0. The maximum atomic E-state index is 12.9. The lowest BCUT2D eigenvalue weighted by molar-refractivity contribution is 0.0628. The number of nitrogens with one attached hydrogen (secondary N) is 1. The smallest absolute Gasteiger partial charge is 0.254 e.